The van der Waals surface area contributed by atoms with Gasteiger partial charge in [0, 0.05) is 18.6 Å². The highest BCUT2D eigenvalue weighted by Crippen LogP contribution is 2.27. The fourth-order valence-electron chi connectivity index (χ4n) is 1.96. The van der Waals surface area contributed by atoms with Crippen LogP contribution in [0.2, 0.25) is 0 Å². The Labute approximate surface area is 117 Å². The highest BCUT2D eigenvalue weighted by molar-refractivity contribution is 5.94. The first-order chi connectivity index (χ1) is 9.74. The molecule has 20 heavy (non-hydrogen) atoms. The van der Waals surface area contributed by atoms with Crippen LogP contribution in [0.3, 0.4) is 0 Å². The maximum Gasteiger partial charge on any atom is 0.275 e. The molecule has 2 rings (SSSR count). The van der Waals surface area contributed by atoms with Crippen molar-refractivity contribution in [3.63, 3.8) is 0 Å². The summed E-state index contributed by atoms with van der Waals surface area (Å²) in [5, 5.41) is 0. The molecule has 6 nitrogen and oxygen atoms in total. The zero-order valence-electron chi connectivity index (χ0n) is 11.7. The van der Waals surface area contributed by atoms with Gasteiger partial charge in [-0.25, -0.2) is 10.3 Å². The molecule has 1 aromatic carbocycles. The first kappa shape index (κ1) is 14.6. The molecular weight excluding hydrogens is 262 g/mol. The molecule has 1 aromatic rings. The third kappa shape index (κ3) is 3.61. The van der Waals surface area contributed by atoms with Gasteiger partial charge in [0.05, 0.1) is 14.2 Å². The molecule has 0 unspecified atom stereocenters. The fraction of sp³-hybridized carbons (Fsp3) is 0.500. The van der Waals surface area contributed by atoms with E-state index in [1.165, 1.54) is 7.11 Å². The van der Waals surface area contributed by atoms with Crippen molar-refractivity contribution in [2.75, 3.05) is 20.8 Å². The van der Waals surface area contributed by atoms with Crippen LogP contribution < -0.4 is 15.0 Å². The minimum Gasteiger partial charge on any atom is -0.493 e. The SMILES string of the molecule is COc1ccc(C(=O)NO[C@H]2CCCCO2)cc1OC. The molecular formula is C14H19NO5. The largest absolute Gasteiger partial charge is 0.493 e. The lowest BCUT2D eigenvalue weighted by Crippen LogP contribution is -2.33. The molecule has 6 heteroatoms. The van der Waals surface area contributed by atoms with Gasteiger partial charge in [0.15, 0.2) is 17.8 Å². The Morgan fingerprint density at radius 3 is 2.70 bits per heavy atom. The molecule has 0 aromatic heterocycles. The Morgan fingerprint density at radius 1 is 1.25 bits per heavy atom. The Balaban J connectivity index is 1.94. The van der Waals surface area contributed by atoms with Crippen LogP contribution in [-0.4, -0.2) is 33.0 Å². The molecule has 1 aliphatic heterocycles. The molecule has 1 fully saturated rings. The van der Waals surface area contributed by atoms with Crippen LogP contribution in [0.15, 0.2) is 18.2 Å². The van der Waals surface area contributed by atoms with Crippen molar-refractivity contribution in [1.82, 2.24) is 5.48 Å². The lowest BCUT2D eigenvalue weighted by molar-refractivity contribution is -0.186. The summed E-state index contributed by atoms with van der Waals surface area (Å²) in [6.07, 6.45) is 2.49. The summed E-state index contributed by atoms with van der Waals surface area (Å²) in [6, 6.07) is 4.91. The molecule has 1 amide bonds. The predicted molar refractivity (Wildman–Crippen MR) is 71.7 cm³/mol. The van der Waals surface area contributed by atoms with E-state index in [0.29, 0.717) is 23.7 Å². The Kier molecular flexibility index (Phi) is 5.20. The molecule has 1 atom stereocenters. The summed E-state index contributed by atoms with van der Waals surface area (Å²) in [5.74, 6) is 0.717. The van der Waals surface area contributed by atoms with Crippen LogP contribution in [0.5, 0.6) is 11.5 Å². The minimum absolute atomic E-state index is 0.347. The van der Waals surface area contributed by atoms with Crippen LogP contribution in [0.25, 0.3) is 0 Å². The summed E-state index contributed by atoms with van der Waals surface area (Å²) in [5.41, 5.74) is 2.83. The van der Waals surface area contributed by atoms with E-state index >= 15 is 0 Å². The van der Waals surface area contributed by atoms with Crippen molar-refractivity contribution in [1.29, 1.82) is 0 Å². The Morgan fingerprint density at radius 2 is 2.05 bits per heavy atom. The number of hydroxylamine groups is 1. The number of carbonyl (C=O) groups is 1. The van der Waals surface area contributed by atoms with E-state index in [2.05, 4.69) is 5.48 Å². The van der Waals surface area contributed by atoms with E-state index < -0.39 is 0 Å². The summed E-state index contributed by atoms with van der Waals surface area (Å²) in [6.45, 7) is 0.664. The highest BCUT2D eigenvalue weighted by atomic mass is 16.8. The number of methoxy groups -OCH3 is 2. The Hall–Kier alpha value is -1.79. The summed E-state index contributed by atoms with van der Waals surface area (Å²) in [7, 11) is 3.06. The van der Waals surface area contributed by atoms with E-state index in [1.807, 2.05) is 0 Å². The van der Waals surface area contributed by atoms with E-state index in [1.54, 1.807) is 25.3 Å². The number of carbonyl (C=O) groups excluding carboxylic acids is 1. The second-order valence-corrected chi connectivity index (χ2v) is 4.41. The van der Waals surface area contributed by atoms with Crippen molar-refractivity contribution in [2.45, 2.75) is 25.6 Å². The van der Waals surface area contributed by atoms with Crippen molar-refractivity contribution >= 4 is 5.91 Å². The standard InChI is InChI=1S/C14H19NO5/c1-17-11-7-6-10(9-12(11)18-2)14(16)15-20-13-5-3-4-8-19-13/h6-7,9,13H,3-5,8H2,1-2H3,(H,15,16)/t13-/m0/s1. The highest BCUT2D eigenvalue weighted by Gasteiger charge is 2.17. The molecule has 1 N–H and O–H groups in total. The van der Waals surface area contributed by atoms with Crippen molar-refractivity contribution < 1.29 is 23.8 Å². The topological polar surface area (TPSA) is 66.0 Å². The molecule has 0 spiro atoms. The van der Waals surface area contributed by atoms with Crippen LogP contribution in [0.1, 0.15) is 29.6 Å². The van der Waals surface area contributed by atoms with Crippen LogP contribution in [0, 0.1) is 0 Å². The number of rotatable bonds is 5. The quantitative estimate of drug-likeness (QED) is 0.835. The third-order valence-corrected chi connectivity index (χ3v) is 3.07. The minimum atomic E-state index is -0.368. The first-order valence-electron chi connectivity index (χ1n) is 6.54. The van der Waals surface area contributed by atoms with Crippen LogP contribution in [-0.2, 0) is 9.57 Å². The molecule has 1 saturated heterocycles. The van der Waals surface area contributed by atoms with Gasteiger partial charge in [-0.1, -0.05) is 0 Å². The van der Waals surface area contributed by atoms with Gasteiger partial charge in [-0.05, 0) is 31.0 Å². The molecule has 1 aliphatic rings. The first-order valence-corrected chi connectivity index (χ1v) is 6.54. The average molecular weight is 281 g/mol. The number of hydrogen-bond donors (Lipinski definition) is 1. The summed E-state index contributed by atoms with van der Waals surface area (Å²) in [4.78, 5) is 17.2. The summed E-state index contributed by atoms with van der Waals surface area (Å²) >= 11 is 0. The number of nitrogens with one attached hydrogen (secondary N) is 1. The average Bonchev–Trinajstić information content (AvgIpc) is 2.52. The maximum absolute atomic E-state index is 12.0. The number of amides is 1. The number of benzene rings is 1. The Bertz CT molecular complexity index is 457. The molecule has 110 valence electrons. The predicted octanol–water partition coefficient (Wildman–Crippen LogP) is 1.89. The maximum atomic E-state index is 12.0. The van der Waals surface area contributed by atoms with Gasteiger partial charge < -0.3 is 14.2 Å². The lowest BCUT2D eigenvalue weighted by atomic mass is 10.2. The van der Waals surface area contributed by atoms with Crippen LogP contribution in [0.4, 0.5) is 0 Å². The van der Waals surface area contributed by atoms with Gasteiger partial charge in [-0.3, -0.25) is 4.79 Å². The zero-order chi connectivity index (χ0) is 14.4. The lowest BCUT2D eigenvalue weighted by Gasteiger charge is -2.22. The number of hydrogen-bond acceptors (Lipinski definition) is 5. The molecule has 0 bridgehead atoms. The number of ether oxygens (including phenoxy) is 3. The molecule has 0 aliphatic carbocycles. The van der Waals surface area contributed by atoms with Gasteiger partial charge in [-0.15, -0.1) is 0 Å². The normalized spacial score (nSPS) is 18.4. The van der Waals surface area contributed by atoms with E-state index in [9.17, 15) is 4.79 Å². The zero-order valence-corrected chi connectivity index (χ0v) is 11.7. The molecule has 0 radical (unpaired) electrons. The van der Waals surface area contributed by atoms with Crippen molar-refractivity contribution in [3.8, 4) is 11.5 Å². The van der Waals surface area contributed by atoms with Crippen molar-refractivity contribution in [2.24, 2.45) is 0 Å². The van der Waals surface area contributed by atoms with Gasteiger partial charge in [0.25, 0.3) is 5.91 Å². The van der Waals surface area contributed by atoms with E-state index in [-0.39, 0.29) is 12.2 Å². The van der Waals surface area contributed by atoms with Crippen molar-refractivity contribution in [3.05, 3.63) is 23.8 Å². The van der Waals surface area contributed by atoms with Gasteiger partial charge >= 0.3 is 0 Å². The fourth-order valence-corrected chi connectivity index (χ4v) is 1.96. The second kappa shape index (κ2) is 7.12. The summed E-state index contributed by atoms with van der Waals surface area (Å²) < 4.78 is 15.6. The smallest absolute Gasteiger partial charge is 0.275 e. The van der Waals surface area contributed by atoms with Gasteiger partial charge in [-0.2, -0.15) is 0 Å². The van der Waals surface area contributed by atoms with Gasteiger partial charge in [0.2, 0.25) is 0 Å². The third-order valence-electron chi connectivity index (χ3n) is 3.07. The molecule has 0 saturated carbocycles. The van der Waals surface area contributed by atoms with E-state index in [4.69, 9.17) is 19.0 Å². The molecule has 1 heterocycles. The van der Waals surface area contributed by atoms with Gasteiger partial charge in [0.1, 0.15) is 0 Å². The van der Waals surface area contributed by atoms with Crippen LogP contribution >= 0.6 is 0 Å². The monoisotopic (exact) mass is 281 g/mol. The van der Waals surface area contributed by atoms with E-state index in [0.717, 1.165) is 19.3 Å². The second-order valence-electron chi connectivity index (χ2n) is 4.41.